The Bertz CT molecular complexity index is 1680. The van der Waals surface area contributed by atoms with Gasteiger partial charge in [-0.15, -0.1) is 0 Å². The number of fused-ring (bicyclic) bond motifs is 3. The number of ether oxygens (including phenoxy) is 4. The molecule has 0 bridgehead atoms. The lowest BCUT2D eigenvalue weighted by Gasteiger charge is -2.20. The van der Waals surface area contributed by atoms with Gasteiger partial charge in [0.15, 0.2) is 6.61 Å². The van der Waals surface area contributed by atoms with E-state index < -0.39 is 24.0 Å². The summed E-state index contributed by atoms with van der Waals surface area (Å²) in [5, 5.41) is 8.28. The Labute approximate surface area is 286 Å². The number of rotatable bonds is 13. The third kappa shape index (κ3) is 9.16. The minimum Gasteiger partial charge on any atom is -0.497 e. The quantitative estimate of drug-likeness (QED) is 0.143. The van der Waals surface area contributed by atoms with Crippen LogP contribution in [0, 0.1) is 0 Å². The lowest BCUT2D eigenvalue weighted by Crippen LogP contribution is -2.44. The van der Waals surface area contributed by atoms with E-state index in [1.165, 1.54) is 0 Å². The SMILES string of the molecule is CCCC[C@H](N)C(=O)O.COc1ccc(-c2ccc(OCC(=O)N(CN)C(=O)OCC3c4ccccc4-c4ccccc43)cc2)c(OC)c1. The summed E-state index contributed by atoms with van der Waals surface area (Å²) in [4.78, 5) is 36.6. The van der Waals surface area contributed by atoms with Gasteiger partial charge in [0.1, 0.15) is 29.9 Å². The molecule has 0 unspecified atom stereocenters. The van der Waals surface area contributed by atoms with Crippen molar-refractivity contribution in [3.05, 3.63) is 102 Å². The number of methoxy groups -OCH3 is 2. The number of carbonyl (C=O) groups is 3. The number of nitrogens with zero attached hydrogens (tertiary/aromatic N) is 1. The molecule has 0 spiro atoms. The smallest absolute Gasteiger partial charge is 0.417 e. The average Bonchev–Trinajstić information content (AvgIpc) is 3.45. The Hall–Kier alpha value is -5.39. The van der Waals surface area contributed by atoms with Crippen molar-refractivity contribution >= 4 is 18.0 Å². The molecule has 0 heterocycles. The van der Waals surface area contributed by atoms with E-state index in [4.69, 9.17) is 35.5 Å². The predicted molar refractivity (Wildman–Crippen MR) is 187 cm³/mol. The van der Waals surface area contributed by atoms with E-state index in [0.717, 1.165) is 51.1 Å². The summed E-state index contributed by atoms with van der Waals surface area (Å²) in [6.07, 6.45) is 1.68. The fourth-order valence-corrected chi connectivity index (χ4v) is 5.49. The number of carboxylic acid groups (broad SMARTS) is 1. The van der Waals surface area contributed by atoms with Gasteiger partial charge in [-0.1, -0.05) is 80.4 Å². The molecule has 1 aliphatic carbocycles. The van der Waals surface area contributed by atoms with Gasteiger partial charge in [-0.25, -0.2) is 9.69 Å². The van der Waals surface area contributed by atoms with Crippen LogP contribution in [-0.4, -0.2) is 68.1 Å². The minimum absolute atomic E-state index is 0.0911. The Morgan fingerprint density at radius 2 is 1.45 bits per heavy atom. The molecular weight excluding hydrogens is 626 g/mol. The topological polar surface area (TPSA) is 164 Å². The average molecular weight is 670 g/mol. The lowest BCUT2D eigenvalue weighted by molar-refractivity contribution is -0.138. The van der Waals surface area contributed by atoms with Gasteiger partial charge in [0.25, 0.3) is 5.91 Å². The number of nitrogens with two attached hydrogens (primary N) is 2. The summed E-state index contributed by atoms with van der Waals surface area (Å²) in [5.41, 5.74) is 17.1. The van der Waals surface area contributed by atoms with Crippen molar-refractivity contribution in [2.45, 2.75) is 38.1 Å². The van der Waals surface area contributed by atoms with Crippen LogP contribution in [0.5, 0.6) is 17.2 Å². The minimum atomic E-state index is -0.900. The first-order valence-corrected chi connectivity index (χ1v) is 16.0. The lowest BCUT2D eigenvalue weighted by atomic mass is 9.98. The summed E-state index contributed by atoms with van der Waals surface area (Å²) in [5.74, 6) is 0.216. The highest BCUT2D eigenvalue weighted by molar-refractivity contribution is 5.93. The van der Waals surface area contributed by atoms with Crippen LogP contribution >= 0.6 is 0 Å². The van der Waals surface area contributed by atoms with Gasteiger partial charge in [-0.3, -0.25) is 9.59 Å². The van der Waals surface area contributed by atoms with Crippen LogP contribution in [-0.2, 0) is 14.3 Å². The number of aliphatic carboxylic acids is 1. The van der Waals surface area contributed by atoms with Crippen molar-refractivity contribution < 1.29 is 38.4 Å². The van der Waals surface area contributed by atoms with Gasteiger partial charge in [0.05, 0.1) is 20.9 Å². The Kier molecular flexibility index (Phi) is 13.1. The molecule has 4 aromatic rings. The molecule has 258 valence electrons. The maximum absolute atomic E-state index is 12.8. The molecule has 2 amide bonds. The molecule has 11 nitrogen and oxygen atoms in total. The number of imide groups is 1. The third-order valence-corrected chi connectivity index (χ3v) is 8.16. The summed E-state index contributed by atoms with van der Waals surface area (Å²) < 4.78 is 22.0. The number of unbranched alkanes of at least 4 members (excludes halogenated alkanes) is 1. The zero-order valence-corrected chi connectivity index (χ0v) is 28.0. The fourth-order valence-electron chi connectivity index (χ4n) is 5.49. The number of hydrogen-bond acceptors (Lipinski definition) is 9. The molecule has 0 radical (unpaired) electrons. The van der Waals surface area contributed by atoms with Gasteiger partial charge < -0.3 is 35.5 Å². The van der Waals surface area contributed by atoms with Crippen molar-refractivity contribution in [3.8, 4) is 39.5 Å². The largest absolute Gasteiger partial charge is 0.497 e. The molecule has 0 saturated carbocycles. The third-order valence-electron chi connectivity index (χ3n) is 8.16. The second-order valence-electron chi connectivity index (χ2n) is 11.3. The monoisotopic (exact) mass is 669 g/mol. The van der Waals surface area contributed by atoms with Crippen LogP contribution < -0.4 is 25.7 Å². The van der Waals surface area contributed by atoms with Crippen LogP contribution in [0.2, 0.25) is 0 Å². The Morgan fingerprint density at radius 1 is 0.837 bits per heavy atom. The van der Waals surface area contributed by atoms with Gasteiger partial charge in [0.2, 0.25) is 0 Å². The number of benzene rings is 4. The van der Waals surface area contributed by atoms with Gasteiger partial charge >= 0.3 is 12.1 Å². The summed E-state index contributed by atoms with van der Waals surface area (Å²) in [6.45, 7) is 1.41. The highest BCUT2D eigenvalue weighted by Gasteiger charge is 2.30. The van der Waals surface area contributed by atoms with E-state index in [9.17, 15) is 14.4 Å². The maximum Gasteiger partial charge on any atom is 0.417 e. The van der Waals surface area contributed by atoms with Crippen molar-refractivity contribution in [2.24, 2.45) is 11.5 Å². The molecule has 4 aromatic carbocycles. The first kappa shape index (κ1) is 36.4. The molecule has 49 heavy (non-hydrogen) atoms. The van der Waals surface area contributed by atoms with E-state index in [-0.39, 0.29) is 25.8 Å². The van der Waals surface area contributed by atoms with Crippen molar-refractivity contribution in [3.63, 3.8) is 0 Å². The fraction of sp³-hybridized carbons (Fsp3) is 0.289. The standard InChI is InChI=1S/C32H30N2O6.C6H13NO2/c1-37-23-15-16-24(30(17-23)38-2)21-11-13-22(14-12-21)39-19-31(35)34(20-33)32(36)40-18-29-27-9-5-3-7-25(27)26-8-4-6-10-28(26)29;1-2-3-4-5(7)6(8)9/h3-17,29H,18-20,33H2,1-2H3;5H,2-4,7H2,1H3,(H,8,9)/t;5-/m.0/s1. The maximum atomic E-state index is 12.8. The van der Waals surface area contributed by atoms with Crippen LogP contribution in [0.25, 0.3) is 22.3 Å². The Morgan fingerprint density at radius 3 is 2.00 bits per heavy atom. The van der Waals surface area contributed by atoms with Crippen LogP contribution in [0.4, 0.5) is 4.79 Å². The molecule has 5 rings (SSSR count). The number of carboxylic acids is 1. The molecule has 11 heteroatoms. The number of carbonyl (C=O) groups excluding carboxylic acids is 2. The highest BCUT2D eigenvalue weighted by atomic mass is 16.6. The predicted octanol–water partition coefficient (Wildman–Crippen LogP) is 6.03. The van der Waals surface area contributed by atoms with E-state index in [2.05, 4.69) is 12.1 Å². The van der Waals surface area contributed by atoms with Crippen LogP contribution in [0.1, 0.15) is 43.2 Å². The molecule has 1 atom stereocenters. The normalized spacial score (nSPS) is 12.0. The van der Waals surface area contributed by atoms with E-state index in [1.54, 1.807) is 26.4 Å². The van der Waals surface area contributed by atoms with Gasteiger partial charge in [0, 0.05) is 17.5 Å². The van der Waals surface area contributed by atoms with Gasteiger partial charge in [-0.05, 0) is 58.5 Å². The molecule has 0 saturated heterocycles. The van der Waals surface area contributed by atoms with E-state index in [0.29, 0.717) is 23.7 Å². The second kappa shape index (κ2) is 17.7. The molecule has 0 fully saturated rings. The molecule has 0 aromatic heterocycles. The highest BCUT2D eigenvalue weighted by Crippen LogP contribution is 2.44. The van der Waals surface area contributed by atoms with Crippen molar-refractivity contribution in [2.75, 3.05) is 34.1 Å². The van der Waals surface area contributed by atoms with Crippen LogP contribution in [0.15, 0.2) is 91.0 Å². The Balaban J connectivity index is 0.000000529. The zero-order valence-electron chi connectivity index (χ0n) is 28.0. The summed E-state index contributed by atoms with van der Waals surface area (Å²) >= 11 is 0. The molecule has 1 aliphatic rings. The first-order chi connectivity index (χ1) is 23.7. The molecular formula is C38H43N3O8. The first-order valence-electron chi connectivity index (χ1n) is 16.0. The molecule has 0 aliphatic heterocycles. The molecule has 5 N–H and O–H groups in total. The van der Waals surface area contributed by atoms with E-state index in [1.807, 2.05) is 73.7 Å². The second-order valence-corrected chi connectivity index (χ2v) is 11.3. The van der Waals surface area contributed by atoms with Crippen molar-refractivity contribution in [1.82, 2.24) is 4.90 Å². The van der Waals surface area contributed by atoms with Crippen LogP contribution in [0.3, 0.4) is 0 Å². The van der Waals surface area contributed by atoms with Gasteiger partial charge in [-0.2, -0.15) is 0 Å². The zero-order chi connectivity index (χ0) is 35.3. The van der Waals surface area contributed by atoms with Crippen molar-refractivity contribution in [1.29, 1.82) is 0 Å². The number of amides is 2. The summed E-state index contributed by atoms with van der Waals surface area (Å²) in [6, 6.07) is 28.2. The van der Waals surface area contributed by atoms with E-state index >= 15 is 0 Å². The summed E-state index contributed by atoms with van der Waals surface area (Å²) in [7, 11) is 3.20. The number of hydrogen-bond donors (Lipinski definition) is 3.